The molecular weight excluding hydrogens is 535 g/mol. The highest BCUT2D eigenvalue weighted by molar-refractivity contribution is 6.43. The summed E-state index contributed by atoms with van der Waals surface area (Å²) < 4.78 is 0. The minimum Gasteiger partial charge on any atom is -0.426 e. The predicted molar refractivity (Wildman–Crippen MR) is 156 cm³/mol. The van der Waals surface area contributed by atoms with Gasteiger partial charge in [-0.3, -0.25) is 24.4 Å². The number of carbonyl (C=O) groups is 3. The summed E-state index contributed by atoms with van der Waals surface area (Å²) in [6.45, 7) is 3.83. The van der Waals surface area contributed by atoms with Gasteiger partial charge in [0.1, 0.15) is 17.4 Å². The van der Waals surface area contributed by atoms with E-state index in [0.717, 1.165) is 5.56 Å². The van der Waals surface area contributed by atoms with Crippen LogP contribution < -0.4 is 10.6 Å². The van der Waals surface area contributed by atoms with Crippen LogP contribution in [0.5, 0.6) is 0 Å². The van der Waals surface area contributed by atoms with Crippen molar-refractivity contribution in [1.82, 2.24) is 30.6 Å². The fourth-order valence-corrected chi connectivity index (χ4v) is 3.86. The van der Waals surface area contributed by atoms with E-state index in [2.05, 4.69) is 36.6 Å². The highest BCUT2D eigenvalue weighted by Crippen LogP contribution is 2.09. The van der Waals surface area contributed by atoms with E-state index in [-0.39, 0.29) is 23.8 Å². The summed E-state index contributed by atoms with van der Waals surface area (Å²) in [5.41, 5.74) is 1.91. The molecule has 12 heteroatoms. The van der Waals surface area contributed by atoms with Crippen LogP contribution in [0.1, 0.15) is 52.4 Å². The number of hydrogen-bond acceptors (Lipinski definition) is 9. The molecule has 0 aliphatic heterocycles. The first-order chi connectivity index (χ1) is 20.2. The molecule has 2 aromatic carbocycles. The summed E-state index contributed by atoms with van der Waals surface area (Å²) in [4.78, 5) is 52.6. The average molecular weight is 567 g/mol. The molecule has 0 fully saturated rings. The molecule has 0 bridgehead atoms. The third kappa shape index (κ3) is 10.3. The molecule has 2 atom stereocenters. The van der Waals surface area contributed by atoms with Gasteiger partial charge in [-0.05, 0) is 24.0 Å². The van der Waals surface area contributed by atoms with Crippen LogP contribution in [0, 0.1) is 12.0 Å². The molecule has 0 saturated heterocycles. The van der Waals surface area contributed by atoms with Gasteiger partial charge < -0.3 is 20.7 Å². The van der Waals surface area contributed by atoms with Gasteiger partial charge in [-0.2, -0.15) is 0 Å². The highest BCUT2D eigenvalue weighted by Gasteiger charge is 2.30. The number of ketones is 1. The Kier molecular flexibility index (Phi) is 12.4. The topological polar surface area (TPSA) is 167 Å². The largest absolute Gasteiger partial charge is 0.475 e. The summed E-state index contributed by atoms with van der Waals surface area (Å²) in [5, 5.41) is 24.5. The van der Waals surface area contributed by atoms with Crippen molar-refractivity contribution in [2.24, 2.45) is 5.92 Å². The standard InChI is InChI=1S/C19H25BN4O4.C11H7N2O/c1-13(2)10-17(20(27)28)24-18(25)15(11-14-6-4-3-5-7-14)23-19(26)16-12-21-8-9-22-16;14-11(9-4-2-1-3-5-9)10-8-12-6-7-13-10/h3-9,12-13,15,17,27-28H,10-11H2,1-2H3,(H,23,26)(H,24,25);2-8H/t15-,17-;/m0./s1. The molecule has 2 amide bonds. The predicted octanol–water partition coefficient (Wildman–Crippen LogP) is 1.87. The van der Waals surface area contributed by atoms with Crippen molar-refractivity contribution in [3.05, 3.63) is 120 Å². The van der Waals surface area contributed by atoms with E-state index >= 15 is 0 Å². The zero-order valence-electron chi connectivity index (χ0n) is 23.3. The Hall–Kier alpha value is -4.81. The first-order valence-electron chi connectivity index (χ1n) is 13.3. The molecule has 4 N–H and O–H groups in total. The maximum absolute atomic E-state index is 12.8. The van der Waals surface area contributed by atoms with Crippen LogP contribution in [0.2, 0.25) is 0 Å². The summed E-state index contributed by atoms with van der Waals surface area (Å²) in [7, 11) is -1.69. The van der Waals surface area contributed by atoms with Gasteiger partial charge in [-0.1, -0.05) is 68.4 Å². The Labute approximate surface area is 244 Å². The van der Waals surface area contributed by atoms with Crippen molar-refractivity contribution in [2.45, 2.75) is 38.7 Å². The fourth-order valence-electron chi connectivity index (χ4n) is 3.86. The van der Waals surface area contributed by atoms with Crippen LogP contribution in [0.3, 0.4) is 0 Å². The van der Waals surface area contributed by atoms with Gasteiger partial charge in [0.25, 0.3) is 5.91 Å². The summed E-state index contributed by atoms with van der Waals surface area (Å²) in [6, 6.07) is 18.0. The van der Waals surface area contributed by atoms with Gasteiger partial charge in [0.15, 0.2) is 0 Å². The van der Waals surface area contributed by atoms with E-state index in [1.807, 2.05) is 44.2 Å². The van der Waals surface area contributed by atoms with Crippen molar-refractivity contribution < 1.29 is 24.4 Å². The maximum Gasteiger partial charge on any atom is 0.475 e. The zero-order valence-corrected chi connectivity index (χ0v) is 23.3. The second kappa shape index (κ2) is 16.5. The Bertz CT molecular complexity index is 1360. The summed E-state index contributed by atoms with van der Waals surface area (Å²) >= 11 is 0. The van der Waals surface area contributed by atoms with E-state index in [1.165, 1.54) is 37.2 Å². The molecule has 0 aliphatic rings. The average Bonchev–Trinajstić information content (AvgIpc) is 3.02. The second-order valence-electron chi connectivity index (χ2n) is 9.67. The number of nitrogens with zero attached hydrogens (tertiary/aromatic N) is 4. The van der Waals surface area contributed by atoms with Crippen molar-refractivity contribution in [3.63, 3.8) is 0 Å². The minimum atomic E-state index is -1.69. The summed E-state index contributed by atoms with van der Waals surface area (Å²) in [5.74, 6) is -1.84. The quantitative estimate of drug-likeness (QED) is 0.156. The molecular formula is C30H32BN6O5. The Morgan fingerprint density at radius 3 is 2.02 bits per heavy atom. The van der Waals surface area contributed by atoms with E-state index < -0.39 is 30.9 Å². The molecule has 0 aliphatic carbocycles. The minimum absolute atomic E-state index is 0.0919. The van der Waals surface area contributed by atoms with Crippen LogP contribution in [0.25, 0.3) is 0 Å². The number of aromatic nitrogens is 4. The molecule has 11 nitrogen and oxygen atoms in total. The van der Waals surface area contributed by atoms with Crippen LogP contribution in [0.4, 0.5) is 0 Å². The molecule has 1 radical (unpaired) electrons. The molecule has 2 heterocycles. The van der Waals surface area contributed by atoms with E-state index in [4.69, 9.17) is 0 Å². The fraction of sp³-hybridized carbons (Fsp3) is 0.233. The second-order valence-corrected chi connectivity index (χ2v) is 9.67. The number of nitrogens with one attached hydrogen (secondary N) is 2. The lowest BCUT2D eigenvalue weighted by atomic mass is 9.75. The van der Waals surface area contributed by atoms with Gasteiger partial charge in [0.2, 0.25) is 11.7 Å². The molecule has 215 valence electrons. The number of benzene rings is 2. The van der Waals surface area contributed by atoms with Crippen LogP contribution in [-0.4, -0.2) is 66.7 Å². The number of amides is 2. The Balaban J connectivity index is 0.000000287. The Morgan fingerprint density at radius 1 is 0.857 bits per heavy atom. The van der Waals surface area contributed by atoms with Gasteiger partial charge in [0, 0.05) is 36.8 Å². The highest BCUT2D eigenvalue weighted by atomic mass is 16.4. The van der Waals surface area contributed by atoms with Gasteiger partial charge >= 0.3 is 7.12 Å². The molecule has 4 aromatic rings. The normalized spacial score (nSPS) is 11.8. The smallest absolute Gasteiger partial charge is 0.426 e. The molecule has 2 aromatic heterocycles. The third-order valence-corrected chi connectivity index (χ3v) is 5.89. The van der Waals surface area contributed by atoms with E-state index in [0.29, 0.717) is 17.7 Å². The molecule has 4 rings (SSSR count). The molecule has 0 unspecified atom stereocenters. The first-order valence-corrected chi connectivity index (χ1v) is 13.3. The molecule has 0 spiro atoms. The number of rotatable bonds is 11. The van der Waals surface area contributed by atoms with E-state index in [1.54, 1.807) is 24.3 Å². The van der Waals surface area contributed by atoms with Crippen molar-refractivity contribution in [2.75, 3.05) is 0 Å². The molecule has 42 heavy (non-hydrogen) atoms. The van der Waals surface area contributed by atoms with Gasteiger partial charge in [0.05, 0.1) is 18.3 Å². The number of hydrogen-bond donors (Lipinski definition) is 4. The monoisotopic (exact) mass is 567 g/mol. The maximum atomic E-state index is 12.8. The lowest BCUT2D eigenvalue weighted by Crippen LogP contribution is -2.55. The van der Waals surface area contributed by atoms with Crippen LogP contribution in [0.15, 0.2) is 91.8 Å². The van der Waals surface area contributed by atoms with Crippen LogP contribution >= 0.6 is 0 Å². The summed E-state index contributed by atoms with van der Waals surface area (Å²) in [6.07, 6.45) is 9.28. The van der Waals surface area contributed by atoms with Crippen molar-refractivity contribution in [3.8, 4) is 0 Å². The van der Waals surface area contributed by atoms with Crippen LogP contribution in [-0.2, 0) is 11.2 Å². The lowest BCUT2D eigenvalue weighted by molar-refractivity contribution is -0.123. The first kappa shape index (κ1) is 31.7. The van der Waals surface area contributed by atoms with Crippen molar-refractivity contribution in [1.29, 1.82) is 0 Å². The lowest BCUT2D eigenvalue weighted by Gasteiger charge is -2.24. The number of carbonyl (C=O) groups excluding carboxylic acids is 3. The van der Waals surface area contributed by atoms with Crippen molar-refractivity contribution >= 4 is 24.7 Å². The van der Waals surface area contributed by atoms with Gasteiger partial charge in [-0.25, -0.2) is 9.97 Å². The Morgan fingerprint density at radius 2 is 1.48 bits per heavy atom. The van der Waals surface area contributed by atoms with Gasteiger partial charge in [-0.15, -0.1) is 0 Å². The van der Waals surface area contributed by atoms with E-state index in [9.17, 15) is 24.4 Å². The SMILES string of the molecule is CC(C)C[C@H](NC(=O)[C@H](Cc1ccccc1)NC(=O)c1cnccn1)B(O)O.O=C(c1cc[c]cc1)c1cnccn1. The third-order valence-electron chi connectivity index (χ3n) is 5.89. The zero-order chi connectivity index (χ0) is 30.3. The molecule has 0 saturated carbocycles.